The number of rotatable bonds is 4. The van der Waals surface area contributed by atoms with Gasteiger partial charge in [0.2, 0.25) is 0 Å². The molecule has 1 N–H and O–H groups in total. The van der Waals surface area contributed by atoms with E-state index in [-0.39, 0.29) is 0 Å². The van der Waals surface area contributed by atoms with Gasteiger partial charge in [0, 0.05) is 44.3 Å². The standard InChI is InChI=1S/C25H25N3/c1-2-7-21(8-3-1)23-10-4-6-20(18-23)19-27-14-16-28(17-15-27)24-11-5-9-22-12-13-26-25(22)24/h1-13,18,26H,14-17,19H2. The molecule has 3 aromatic carbocycles. The van der Waals surface area contributed by atoms with Gasteiger partial charge in [-0.25, -0.2) is 0 Å². The van der Waals surface area contributed by atoms with E-state index < -0.39 is 0 Å². The first kappa shape index (κ1) is 17.1. The maximum Gasteiger partial charge on any atom is 0.0691 e. The van der Waals surface area contributed by atoms with Crippen LogP contribution in [0.3, 0.4) is 0 Å². The molecule has 2 heterocycles. The molecule has 0 bridgehead atoms. The number of benzene rings is 3. The summed E-state index contributed by atoms with van der Waals surface area (Å²) in [4.78, 5) is 8.48. The summed E-state index contributed by atoms with van der Waals surface area (Å²) in [6, 6.07) is 28.3. The minimum Gasteiger partial charge on any atom is -0.367 e. The molecule has 0 aliphatic carbocycles. The zero-order valence-electron chi connectivity index (χ0n) is 16.0. The minimum atomic E-state index is 1.02. The van der Waals surface area contributed by atoms with E-state index in [0.29, 0.717) is 0 Å². The van der Waals surface area contributed by atoms with Crippen molar-refractivity contribution in [2.24, 2.45) is 0 Å². The predicted octanol–water partition coefficient (Wildman–Crippen LogP) is 5.16. The molecule has 1 aromatic heterocycles. The number of anilines is 1. The van der Waals surface area contributed by atoms with E-state index >= 15 is 0 Å². The van der Waals surface area contributed by atoms with Crippen molar-refractivity contribution in [3.63, 3.8) is 0 Å². The highest BCUT2D eigenvalue weighted by Gasteiger charge is 2.19. The third kappa shape index (κ3) is 3.41. The van der Waals surface area contributed by atoms with Crippen molar-refractivity contribution < 1.29 is 0 Å². The molecule has 28 heavy (non-hydrogen) atoms. The molecular weight excluding hydrogens is 342 g/mol. The van der Waals surface area contributed by atoms with Crippen LogP contribution in [-0.4, -0.2) is 36.1 Å². The third-order valence-corrected chi connectivity index (χ3v) is 5.72. The van der Waals surface area contributed by atoms with E-state index in [2.05, 4.69) is 93.6 Å². The number of aromatic amines is 1. The second-order valence-corrected chi connectivity index (χ2v) is 7.55. The van der Waals surface area contributed by atoms with E-state index in [4.69, 9.17) is 0 Å². The largest absolute Gasteiger partial charge is 0.367 e. The quantitative estimate of drug-likeness (QED) is 0.538. The molecule has 0 spiro atoms. The Balaban J connectivity index is 1.26. The number of fused-ring (bicyclic) bond motifs is 1. The molecule has 1 fully saturated rings. The molecule has 0 amide bonds. The lowest BCUT2D eigenvalue weighted by molar-refractivity contribution is 0.250. The van der Waals surface area contributed by atoms with Crippen LogP contribution >= 0.6 is 0 Å². The Hall–Kier alpha value is -3.04. The van der Waals surface area contributed by atoms with Crippen molar-refractivity contribution >= 4 is 16.6 Å². The number of para-hydroxylation sites is 1. The average Bonchev–Trinajstić information content (AvgIpc) is 3.24. The van der Waals surface area contributed by atoms with Gasteiger partial charge in [-0.3, -0.25) is 4.90 Å². The lowest BCUT2D eigenvalue weighted by Crippen LogP contribution is -2.46. The highest BCUT2D eigenvalue weighted by Crippen LogP contribution is 2.27. The summed E-state index contributed by atoms with van der Waals surface area (Å²) in [6.45, 7) is 5.33. The Bertz CT molecular complexity index is 1060. The molecule has 5 rings (SSSR count). The molecule has 0 atom stereocenters. The normalized spacial score (nSPS) is 15.2. The van der Waals surface area contributed by atoms with E-state index in [1.54, 1.807) is 0 Å². The Labute approximate surface area is 166 Å². The predicted molar refractivity (Wildman–Crippen MR) is 118 cm³/mol. The summed E-state index contributed by atoms with van der Waals surface area (Å²) in [5.74, 6) is 0. The number of H-pyrrole nitrogens is 1. The van der Waals surface area contributed by atoms with Crippen LogP contribution in [0.4, 0.5) is 5.69 Å². The summed E-state index contributed by atoms with van der Waals surface area (Å²) < 4.78 is 0. The summed E-state index contributed by atoms with van der Waals surface area (Å²) >= 11 is 0. The van der Waals surface area contributed by atoms with Gasteiger partial charge in [0.15, 0.2) is 0 Å². The van der Waals surface area contributed by atoms with Crippen LogP contribution in [0.15, 0.2) is 85.1 Å². The highest BCUT2D eigenvalue weighted by atomic mass is 15.3. The van der Waals surface area contributed by atoms with Crippen molar-refractivity contribution in [3.05, 3.63) is 90.6 Å². The van der Waals surface area contributed by atoms with E-state index in [0.717, 1.165) is 32.7 Å². The second-order valence-electron chi connectivity index (χ2n) is 7.55. The molecule has 3 nitrogen and oxygen atoms in total. The molecular formula is C25H25N3. The number of nitrogens with one attached hydrogen (secondary N) is 1. The third-order valence-electron chi connectivity index (χ3n) is 5.72. The summed E-state index contributed by atoms with van der Waals surface area (Å²) in [5.41, 5.74) is 6.56. The summed E-state index contributed by atoms with van der Waals surface area (Å²) in [7, 11) is 0. The maximum absolute atomic E-state index is 3.40. The van der Waals surface area contributed by atoms with E-state index in [1.807, 2.05) is 6.20 Å². The monoisotopic (exact) mass is 367 g/mol. The van der Waals surface area contributed by atoms with Gasteiger partial charge in [0.25, 0.3) is 0 Å². The van der Waals surface area contributed by atoms with Crippen LogP contribution in [0.2, 0.25) is 0 Å². The minimum absolute atomic E-state index is 1.02. The molecule has 0 unspecified atom stereocenters. The van der Waals surface area contributed by atoms with Gasteiger partial charge in [0.1, 0.15) is 0 Å². The van der Waals surface area contributed by atoms with Crippen molar-refractivity contribution in [2.45, 2.75) is 6.54 Å². The first-order chi connectivity index (χ1) is 13.9. The fourth-order valence-corrected chi connectivity index (χ4v) is 4.22. The molecule has 1 aliphatic rings. The van der Waals surface area contributed by atoms with Crippen LogP contribution in [0.25, 0.3) is 22.0 Å². The zero-order chi connectivity index (χ0) is 18.8. The Morgan fingerprint density at radius 1 is 0.714 bits per heavy atom. The molecule has 4 aromatic rings. The molecule has 0 radical (unpaired) electrons. The average molecular weight is 367 g/mol. The van der Waals surface area contributed by atoms with Crippen LogP contribution in [-0.2, 0) is 6.54 Å². The smallest absolute Gasteiger partial charge is 0.0691 e. The van der Waals surface area contributed by atoms with Crippen LogP contribution in [0, 0.1) is 0 Å². The summed E-state index contributed by atoms with van der Waals surface area (Å²) in [5, 5.41) is 1.29. The van der Waals surface area contributed by atoms with E-state index in [1.165, 1.54) is 33.3 Å². The lowest BCUT2D eigenvalue weighted by atomic mass is 10.0. The molecule has 1 aliphatic heterocycles. The number of hydrogen-bond acceptors (Lipinski definition) is 2. The van der Waals surface area contributed by atoms with Crippen molar-refractivity contribution in [1.82, 2.24) is 9.88 Å². The Kier molecular flexibility index (Phi) is 4.59. The first-order valence-corrected chi connectivity index (χ1v) is 10.0. The topological polar surface area (TPSA) is 22.3 Å². The number of nitrogens with zero attached hydrogens (tertiary/aromatic N) is 2. The van der Waals surface area contributed by atoms with Crippen molar-refractivity contribution in [1.29, 1.82) is 0 Å². The molecule has 3 heteroatoms. The van der Waals surface area contributed by atoms with Crippen LogP contribution < -0.4 is 4.90 Å². The molecule has 140 valence electrons. The molecule has 0 saturated carbocycles. The fourth-order valence-electron chi connectivity index (χ4n) is 4.22. The molecule has 1 saturated heterocycles. The fraction of sp³-hybridized carbons (Fsp3) is 0.200. The van der Waals surface area contributed by atoms with Gasteiger partial charge in [-0.15, -0.1) is 0 Å². The maximum atomic E-state index is 3.40. The Morgan fingerprint density at radius 2 is 1.50 bits per heavy atom. The van der Waals surface area contributed by atoms with E-state index in [9.17, 15) is 0 Å². The van der Waals surface area contributed by atoms with Gasteiger partial charge in [-0.05, 0) is 34.9 Å². The first-order valence-electron chi connectivity index (χ1n) is 10.0. The highest BCUT2D eigenvalue weighted by molar-refractivity contribution is 5.91. The Morgan fingerprint density at radius 3 is 2.36 bits per heavy atom. The van der Waals surface area contributed by atoms with Crippen molar-refractivity contribution in [3.8, 4) is 11.1 Å². The van der Waals surface area contributed by atoms with Crippen LogP contribution in [0.5, 0.6) is 0 Å². The van der Waals surface area contributed by atoms with Gasteiger partial charge in [-0.2, -0.15) is 0 Å². The number of aromatic nitrogens is 1. The summed E-state index contributed by atoms with van der Waals surface area (Å²) in [6.07, 6.45) is 2.03. The van der Waals surface area contributed by atoms with Gasteiger partial charge < -0.3 is 9.88 Å². The SMILES string of the molecule is c1ccc(-c2cccc(CN3CCN(c4cccc5cc[nH]c45)CC3)c2)cc1. The van der Waals surface area contributed by atoms with Gasteiger partial charge in [-0.1, -0.05) is 60.7 Å². The van der Waals surface area contributed by atoms with Gasteiger partial charge >= 0.3 is 0 Å². The van der Waals surface area contributed by atoms with Gasteiger partial charge in [0.05, 0.1) is 11.2 Å². The second kappa shape index (κ2) is 7.53. The van der Waals surface area contributed by atoms with Crippen LogP contribution in [0.1, 0.15) is 5.56 Å². The number of piperazine rings is 1. The zero-order valence-corrected chi connectivity index (χ0v) is 16.0. The lowest BCUT2D eigenvalue weighted by Gasteiger charge is -2.36. The number of hydrogen-bond donors (Lipinski definition) is 1. The van der Waals surface area contributed by atoms with Crippen molar-refractivity contribution in [2.75, 3.05) is 31.1 Å².